The van der Waals surface area contributed by atoms with Gasteiger partial charge in [0.2, 0.25) is 11.8 Å². The lowest BCUT2D eigenvalue weighted by molar-refractivity contribution is -0.142. The molecule has 0 heterocycles. The van der Waals surface area contributed by atoms with Crippen LogP contribution in [-0.4, -0.2) is 35.0 Å². The number of primary amides is 1. The first-order valence-corrected chi connectivity index (χ1v) is 5.89. The molecule has 0 aliphatic heterocycles. The van der Waals surface area contributed by atoms with E-state index < -0.39 is 17.9 Å². The Hall–Kier alpha value is -1.63. The molecule has 2 atom stereocenters. The molecule has 7 nitrogen and oxygen atoms in total. The van der Waals surface area contributed by atoms with Crippen molar-refractivity contribution in [2.45, 2.75) is 51.1 Å². The van der Waals surface area contributed by atoms with E-state index in [2.05, 4.69) is 5.32 Å². The molecule has 0 bridgehead atoms. The summed E-state index contributed by atoms with van der Waals surface area (Å²) in [7, 11) is 0. The van der Waals surface area contributed by atoms with Gasteiger partial charge in [-0.05, 0) is 26.2 Å². The molecule has 2 unspecified atom stereocenters. The van der Waals surface area contributed by atoms with Crippen LogP contribution in [0.15, 0.2) is 0 Å². The summed E-state index contributed by atoms with van der Waals surface area (Å²) < 4.78 is 0. The first kappa shape index (κ1) is 16.4. The number of amides is 2. The average Bonchev–Trinajstić information content (AvgIpc) is 2.22. The molecule has 0 saturated heterocycles. The first-order valence-electron chi connectivity index (χ1n) is 5.89. The molecule has 0 aliphatic carbocycles. The normalized spacial score (nSPS) is 13.7. The highest BCUT2D eigenvalue weighted by atomic mass is 16.4. The van der Waals surface area contributed by atoms with E-state index in [1.807, 2.05) is 6.92 Å². The molecule has 2 amide bonds. The largest absolute Gasteiger partial charge is 0.480 e. The molecule has 0 aromatic rings. The van der Waals surface area contributed by atoms with Gasteiger partial charge in [-0.3, -0.25) is 9.59 Å². The molecule has 0 rings (SSSR count). The molecular weight excluding hydrogens is 238 g/mol. The topological polar surface area (TPSA) is 136 Å². The zero-order valence-electron chi connectivity index (χ0n) is 10.5. The molecule has 7 heteroatoms. The Balaban J connectivity index is 4.04. The maximum Gasteiger partial charge on any atom is 0.326 e. The van der Waals surface area contributed by atoms with Crippen LogP contribution < -0.4 is 16.8 Å². The molecule has 0 fully saturated rings. The van der Waals surface area contributed by atoms with E-state index in [-0.39, 0.29) is 31.2 Å². The highest BCUT2D eigenvalue weighted by molar-refractivity contribution is 5.84. The Kier molecular flexibility index (Phi) is 7.69. The van der Waals surface area contributed by atoms with E-state index in [1.165, 1.54) is 0 Å². The molecule has 18 heavy (non-hydrogen) atoms. The summed E-state index contributed by atoms with van der Waals surface area (Å²) in [4.78, 5) is 32.9. The van der Waals surface area contributed by atoms with Crippen molar-refractivity contribution in [1.29, 1.82) is 0 Å². The van der Waals surface area contributed by atoms with Gasteiger partial charge in [0.1, 0.15) is 6.04 Å². The van der Waals surface area contributed by atoms with E-state index in [0.29, 0.717) is 12.8 Å². The molecule has 0 saturated carbocycles. The second-order valence-corrected chi connectivity index (χ2v) is 4.33. The number of carbonyl (C=O) groups excluding carboxylic acids is 2. The van der Waals surface area contributed by atoms with Gasteiger partial charge in [0.25, 0.3) is 0 Å². The monoisotopic (exact) mass is 259 g/mol. The van der Waals surface area contributed by atoms with Gasteiger partial charge in [-0.25, -0.2) is 4.79 Å². The molecule has 0 aromatic carbocycles. The van der Waals surface area contributed by atoms with E-state index in [4.69, 9.17) is 16.6 Å². The Morgan fingerprint density at radius 2 is 1.83 bits per heavy atom. The summed E-state index contributed by atoms with van der Waals surface area (Å²) in [6.45, 7) is 1.84. The minimum Gasteiger partial charge on any atom is -0.480 e. The lowest BCUT2D eigenvalue weighted by atomic mass is 10.1. The van der Waals surface area contributed by atoms with Crippen molar-refractivity contribution in [2.75, 3.05) is 0 Å². The first-order chi connectivity index (χ1) is 8.32. The van der Waals surface area contributed by atoms with Crippen LogP contribution in [0.4, 0.5) is 0 Å². The lowest BCUT2D eigenvalue weighted by Gasteiger charge is -2.13. The Morgan fingerprint density at radius 3 is 2.28 bits per heavy atom. The zero-order valence-corrected chi connectivity index (χ0v) is 10.5. The third-order valence-electron chi connectivity index (χ3n) is 2.38. The fourth-order valence-electron chi connectivity index (χ4n) is 1.40. The summed E-state index contributed by atoms with van der Waals surface area (Å²) in [5, 5.41) is 11.2. The molecule has 0 aromatic heterocycles. The third-order valence-corrected chi connectivity index (χ3v) is 2.38. The van der Waals surface area contributed by atoms with E-state index in [9.17, 15) is 14.4 Å². The fourth-order valence-corrected chi connectivity index (χ4v) is 1.40. The lowest BCUT2D eigenvalue weighted by Crippen LogP contribution is -2.41. The molecule has 104 valence electrons. The fraction of sp³-hybridized carbons (Fsp3) is 0.727. The third kappa shape index (κ3) is 8.51. The van der Waals surface area contributed by atoms with Gasteiger partial charge >= 0.3 is 5.97 Å². The van der Waals surface area contributed by atoms with Crippen molar-refractivity contribution in [3.63, 3.8) is 0 Å². The summed E-state index contributed by atoms with van der Waals surface area (Å²) in [5.74, 6) is -2.11. The summed E-state index contributed by atoms with van der Waals surface area (Å²) in [5.41, 5.74) is 10.5. The van der Waals surface area contributed by atoms with Crippen molar-refractivity contribution >= 4 is 17.8 Å². The van der Waals surface area contributed by atoms with Crippen LogP contribution in [0.5, 0.6) is 0 Å². The summed E-state index contributed by atoms with van der Waals surface area (Å²) in [6, 6.07) is -1.05. The highest BCUT2D eigenvalue weighted by Gasteiger charge is 2.20. The van der Waals surface area contributed by atoms with Gasteiger partial charge in [-0.15, -0.1) is 0 Å². The molecule has 6 N–H and O–H groups in total. The maximum atomic E-state index is 11.5. The average molecular weight is 259 g/mol. The number of rotatable bonds is 9. The number of carbonyl (C=O) groups is 3. The second kappa shape index (κ2) is 8.46. The van der Waals surface area contributed by atoms with E-state index in [0.717, 1.165) is 0 Å². The van der Waals surface area contributed by atoms with E-state index in [1.54, 1.807) is 0 Å². The smallest absolute Gasteiger partial charge is 0.326 e. The van der Waals surface area contributed by atoms with Gasteiger partial charge in [0.15, 0.2) is 0 Å². The van der Waals surface area contributed by atoms with Crippen LogP contribution in [0.2, 0.25) is 0 Å². The van der Waals surface area contributed by atoms with Crippen LogP contribution in [0, 0.1) is 0 Å². The van der Waals surface area contributed by atoms with Gasteiger partial charge in [-0.1, -0.05) is 0 Å². The predicted molar refractivity (Wildman–Crippen MR) is 65.5 cm³/mol. The standard InChI is InChI=1S/C11H21N3O4/c1-7(12)3-2-4-10(16)14-8(11(17)18)5-6-9(13)15/h7-8H,2-6,12H2,1H3,(H2,13,15)(H,14,16)(H,17,18). The number of carboxylic acid groups (broad SMARTS) is 1. The van der Waals surface area contributed by atoms with Crippen molar-refractivity contribution < 1.29 is 19.5 Å². The Morgan fingerprint density at radius 1 is 1.22 bits per heavy atom. The number of hydrogen-bond donors (Lipinski definition) is 4. The predicted octanol–water partition coefficient (Wildman–Crippen LogP) is -0.661. The number of nitrogens with two attached hydrogens (primary N) is 2. The van der Waals surface area contributed by atoms with Gasteiger partial charge in [-0.2, -0.15) is 0 Å². The molecule has 0 aliphatic rings. The highest BCUT2D eigenvalue weighted by Crippen LogP contribution is 2.01. The number of carboxylic acids is 1. The minimum atomic E-state index is -1.17. The van der Waals surface area contributed by atoms with Crippen LogP contribution >= 0.6 is 0 Å². The SMILES string of the molecule is CC(N)CCCC(=O)NC(CCC(N)=O)C(=O)O. The van der Waals surface area contributed by atoms with Gasteiger partial charge < -0.3 is 21.9 Å². The zero-order chi connectivity index (χ0) is 14.1. The maximum absolute atomic E-state index is 11.5. The molecule has 0 spiro atoms. The quantitative estimate of drug-likeness (QED) is 0.436. The van der Waals surface area contributed by atoms with Crippen molar-refractivity contribution in [3.8, 4) is 0 Å². The van der Waals surface area contributed by atoms with Crippen LogP contribution in [-0.2, 0) is 14.4 Å². The van der Waals surface area contributed by atoms with Gasteiger partial charge in [0, 0.05) is 18.9 Å². The number of hydrogen-bond acceptors (Lipinski definition) is 4. The van der Waals surface area contributed by atoms with Crippen molar-refractivity contribution in [3.05, 3.63) is 0 Å². The number of nitrogens with one attached hydrogen (secondary N) is 1. The second-order valence-electron chi connectivity index (χ2n) is 4.33. The summed E-state index contributed by atoms with van der Waals surface area (Å²) >= 11 is 0. The Labute approximate surface area is 106 Å². The Bertz CT molecular complexity index is 305. The van der Waals surface area contributed by atoms with Crippen molar-refractivity contribution in [1.82, 2.24) is 5.32 Å². The summed E-state index contributed by atoms with van der Waals surface area (Å²) in [6.07, 6.45) is 1.46. The van der Waals surface area contributed by atoms with Crippen LogP contribution in [0.3, 0.4) is 0 Å². The van der Waals surface area contributed by atoms with Crippen molar-refractivity contribution in [2.24, 2.45) is 11.5 Å². The van der Waals surface area contributed by atoms with Gasteiger partial charge in [0.05, 0.1) is 0 Å². The molecule has 0 radical (unpaired) electrons. The minimum absolute atomic E-state index is 0.00367. The van der Waals surface area contributed by atoms with Crippen LogP contribution in [0.1, 0.15) is 39.0 Å². The van der Waals surface area contributed by atoms with E-state index >= 15 is 0 Å². The molecular formula is C11H21N3O4. The number of aliphatic carboxylic acids is 1. The van der Waals surface area contributed by atoms with Crippen LogP contribution in [0.25, 0.3) is 0 Å².